The van der Waals surface area contributed by atoms with Crippen LogP contribution in [0.15, 0.2) is 30.7 Å². The minimum Gasteiger partial charge on any atom is -0.390 e. The summed E-state index contributed by atoms with van der Waals surface area (Å²) in [4.78, 5) is 3.90. The number of aliphatic hydroxyl groups excluding tert-OH is 1. The van der Waals surface area contributed by atoms with Gasteiger partial charge in [0.15, 0.2) is 0 Å². The Balaban J connectivity index is 2.07. The molecule has 2 rings (SSSR count). The molecule has 5 heteroatoms. The number of aryl methyl sites for hydroxylation is 2. The SMILES string of the molecule is OCc1cncn1CCc1cc(F)cc(F)c1. The lowest BCUT2D eigenvalue weighted by Crippen LogP contribution is -2.04. The van der Waals surface area contributed by atoms with Crippen LogP contribution >= 0.6 is 0 Å². The van der Waals surface area contributed by atoms with E-state index in [2.05, 4.69) is 4.98 Å². The van der Waals surface area contributed by atoms with Gasteiger partial charge in [0.1, 0.15) is 11.6 Å². The highest BCUT2D eigenvalue weighted by atomic mass is 19.1. The predicted molar refractivity (Wildman–Crippen MR) is 58.2 cm³/mol. The molecule has 3 nitrogen and oxygen atoms in total. The van der Waals surface area contributed by atoms with Gasteiger partial charge >= 0.3 is 0 Å². The molecular formula is C12H12F2N2O. The van der Waals surface area contributed by atoms with Gasteiger partial charge < -0.3 is 9.67 Å². The van der Waals surface area contributed by atoms with Crippen LogP contribution < -0.4 is 0 Å². The maximum atomic E-state index is 12.9. The number of hydrogen-bond donors (Lipinski definition) is 1. The molecule has 0 spiro atoms. The van der Waals surface area contributed by atoms with Gasteiger partial charge in [-0.25, -0.2) is 13.8 Å². The van der Waals surface area contributed by atoms with E-state index in [9.17, 15) is 8.78 Å². The van der Waals surface area contributed by atoms with Crippen molar-refractivity contribution in [1.82, 2.24) is 9.55 Å². The Bertz CT molecular complexity index is 491. The average molecular weight is 238 g/mol. The third kappa shape index (κ3) is 2.88. The van der Waals surface area contributed by atoms with Crippen LogP contribution in [0.25, 0.3) is 0 Å². The summed E-state index contributed by atoms with van der Waals surface area (Å²) < 4.78 is 27.6. The smallest absolute Gasteiger partial charge is 0.126 e. The molecule has 0 amide bonds. The maximum absolute atomic E-state index is 12.9. The maximum Gasteiger partial charge on any atom is 0.126 e. The minimum absolute atomic E-state index is 0.0997. The van der Waals surface area contributed by atoms with Gasteiger partial charge in [0.2, 0.25) is 0 Å². The number of aliphatic hydroxyl groups is 1. The van der Waals surface area contributed by atoms with E-state index >= 15 is 0 Å². The summed E-state index contributed by atoms with van der Waals surface area (Å²) >= 11 is 0. The van der Waals surface area contributed by atoms with E-state index in [0.717, 1.165) is 6.07 Å². The topological polar surface area (TPSA) is 38.1 Å². The van der Waals surface area contributed by atoms with E-state index in [1.165, 1.54) is 12.1 Å². The van der Waals surface area contributed by atoms with Crippen molar-refractivity contribution in [3.63, 3.8) is 0 Å². The summed E-state index contributed by atoms with van der Waals surface area (Å²) in [6.07, 6.45) is 3.63. The average Bonchev–Trinajstić information content (AvgIpc) is 2.72. The summed E-state index contributed by atoms with van der Waals surface area (Å²) in [5.41, 5.74) is 1.27. The zero-order chi connectivity index (χ0) is 12.3. The van der Waals surface area contributed by atoms with Crippen molar-refractivity contribution in [1.29, 1.82) is 0 Å². The van der Waals surface area contributed by atoms with Gasteiger partial charge in [-0.3, -0.25) is 0 Å². The number of hydrogen-bond acceptors (Lipinski definition) is 2. The Morgan fingerprint density at radius 1 is 1.18 bits per heavy atom. The third-order valence-corrected chi connectivity index (χ3v) is 2.52. The molecule has 0 atom stereocenters. The minimum atomic E-state index is -0.576. The predicted octanol–water partition coefficient (Wildman–Crippen LogP) is 1.90. The van der Waals surface area contributed by atoms with Crippen molar-refractivity contribution in [2.45, 2.75) is 19.6 Å². The van der Waals surface area contributed by atoms with Gasteiger partial charge in [-0.1, -0.05) is 0 Å². The van der Waals surface area contributed by atoms with Crippen LogP contribution in [-0.2, 0) is 19.6 Å². The molecule has 1 heterocycles. The Morgan fingerprint density at radius 2 is 1.88 bits per heavy atom. The Morgan fingerprint density at radius 3 is 2.53 bits per heavy atom. The first-order valence-electron chi connectivity index (χ1n) is 5.24. The van der Waals surface area contributed by atoms with Crippen LogP contribution in [0.5, 0.6) is 0 Å². The lowest BCUT2D eigenvalue weighted by molar-refractivity contribution is 0.270. The molecule has 1 aromatic carbocycles. The van der Waals surface area contributed by atoms with E-state index in [1.807, 2.05) is 0 Å². The van der Waals surface area contributed by atoms with Crippen LogP contribution in [0, 0.1) is 11.6 Å². The van der Waals surface area contributed by atoms with E-state index in [-0.39, 0.29) is 6.61 Å². The molecule has 0 aliphatic rings. The molecule has 0 saturated carbocycles. The van der Waals surface area contributed by atoms with Gasteiger partial charge in [0.05, 0.1) is 24.8 Å². The van der Waals surface area contributed by atoms with Crippen molar-refractivity contribution in [3.05, 3.63) is 53.6 Å². The molecule has 2 aromatic rings. The normalized spacial score (nSPS) is 10.8. The Kier molecular flexibility index (Phi) is 3.49. The van der Waals surface area contributed by atoms with Gasteiger partial charge in [0.25, 0.3) is 0 Å². The van der Waals surface area contributed by atoms with Gasteiger partial charge in [-0.2, -0.15) is 0 Å². The standard InChI is InChI=1S/C12H12F2N2O/c13-10-3-9(4-11(14)5-10)1-2-16-8-15-6-12(16)7-17/h3-6,8,17H,1-2,7H2. The molecule has 0 fully saturated rings. The lowest BCUT2D eigenvalue weighted by Gasteiger charge is -2.06. The largest absolute Gasteiger partial charge is 0.390 e. The summed E-state index contributed by atoms with van der Waals surface area (Å²) in [6, 6.07) is 3.46. The quantitative estimate of drug-likeness (QED) is 0.883. The van der Waals surface area contributed by atoms with Crippen LogP contribution in [0.2, 0.25) is 0 Å². The van der Waals surface area contributed by atoms with E-state index in [0.29, 0.717) is 24.2 Å². The molecule has 0 unspecified atom stereocenters. The number of nitrogens with zero attached hydrogens (tertiary/aromatic N) is 2. The van der Waals surface area contributed by atoms with Gasteiger partial charge in [-0.05, 0) is 24.1 Å². The van der Waals surface area contributed by atoms with Crippen molar-refractivity contribution in [2.24, 2.45) is 0 Å². The highest BCUT2D eigenvalue weighted by Crippen LogP contribution is 2.10. The third-order valence-electron chi connectivity index (χ3n) is 2.52. The zero-order valence-corrected chi connectivity index (χ0v) is 9.11. The second-order valence-electron chi connectivity index (χ2n) is 3.76. The molecule has 90 valence electrons. The van der Waals surface area contributed by atoms with E-state index < -0.39 is 11.6 Å². The van der Waals surface area contributed by atoms with Crippen molar-refractivity contribution >= 4 is 0 Å². The van der Waals surface area contributed by atoms with Gasteiger partial charge in [-0.15, -0.1) is 0 Å². The van der Waals surface area contributed by atoms with Crippen LogP contribution in [0.3, 0.4) is 0 Å². The summed E-state index contributed by atoms with van der Waals surface area (Å²) in [5, 5.41) is 9.01. The fraction of sp³-hybridized carbons (Fsp3) is 0.250. The second kappa shape index (κ2) is 5.05. The molecule has 0 saturated heterocycles. The zero-order valence-electron chi connectivity index (χ0n) is 9.11. The van der Waals surface area contributed by atoms with Crippen LogP contribution in [0.1, 0.15) is 11.3 Å². The van der Waals surface area contributed by atoms with Crippen molar-refractivity contribution in [2.75, 3.05) is 0 Å². The van der Waals surface area contributed by atoms with E-state index in [1.54, 1.807) is 17.1 Å². The fourth-order valence-corrected chi connectivity index (χ4v) is 1.69. The first kappa shape index (κ1) is 11.7. The summed E-state index contributed by atoms with van der Waals surface area (Å²) in [5.74, 6) is -1.15. The molecule has 1 N–H and O–H groups in total. The first-order chi connectivity index (χ1) is 8.19. The molecule has 0 bridgehead atoms. The molecular weight excluding hydrogens is 226 g/mol. The summed E-state index contributed by atoms with van der Waals surface area (Å²) in [6.45, 7) is 0.427. The van der Waals surface area contributed by atoms with Crippen LogP contribution in [-0.4, -0.2) is 14.7 Å². The second-order valence-corrected chi connectivity index (χ2v) is 3.76. The first-order valence-corrected chi connectivity index (χ1v) is 5.24. The molecule has 1 aromatic heterocycles. The fourth-order valence-electron chi connectivity index (χ4n) is 1.69. The molecule has 0 aliphatic carbocycles. The monoisotopic (exact) mass is 238 g/mol. The van der Waals surface area contributed by atoms with E-state index in [4.69, 9.17) is 5.11 Å². The molecule has 0 aliphatic heterocycles. The van der Waals surface area contributed by atoms with Crippen molar-refractivity contribution in [3.8, 4) is 0 Å². The van der Waals surface area contributed by atoms with Crippen LogP contribution in [0.4, 0.5) is 8.78 Å². The molecule has 17 heavy (non-hydrogen) atoms. The lowest BCUT2D eigenvalue weighted by atomic mass is 10.1. The Labute approximate surface area is 97.3 Å². The van der Waals surface area contributed by atoms with Crippen molar-refractivity contribution < 1.29 is 13.9 Å². The number of rotatable bonds is 4. The van der Waals surface area contributed by atoms with Gasteiger partial charge in [0, 0.05) is 12.6 Å². The number of halogens is 2. The highest BCUT2D eigenvalue weighted by molar-refractivity contribution is 5.18. The number of imidazole rings is 1. The molecule has 0 radical (unpaired) electrons. The Hall–Kier alpha value is -1.75. The summed E-state index contributed by atoms with van der Waals surface area (Å²) in [7, 11) is 0. The highest BCUT2D eigenvalue weighted by Gasteiger charge is 2.03. The number of benzene rings is 1. The number of aromatic nitrogens is 2.